The number of aromatic nitrogens is 2. The zero-order valence-electron chi connectivity index (χ0n) is 11.4. The van der Waals surface area contributed by atoms with E-state index in [1.807, 2.05) is 13.8 Å². The molecule has 5 nitrogen and oxygen atoms in total. The summed E-state index contributed by atoms with van der Waals surface area (Å²) in [6.45, 7) is 8.14. The molecule has 1 aromatic heterocycles. The summed E-state index contributed by atoms with van der Waals surface area (Å²) in [6.07, 6.45) is 1.67. The molecule has 0 bridgehead atoms. The van der Waals surface area contributed by atoms with E-state index >= 15 is 0 Å². The van der Waals surface area contributed by atoms with Crippen LogP contribution in [0.4, 0.5) is 0 Å². The Bertz CT molecular complexity index is 463. The van der Waals surface area contributed by atoms with E-state index in [4.69, 9.17) is 9.52 Å². The van der Waals surface area contributed by atoms with E-state index in [0.29, 0.717) is 24.1 Å². The predicted molar refractivity (Wildman–Crippen MR) is 65.2 cm³/mol. The SMILES string of the molecule is CC(C)(CC(=O)O)Cc1nnc(C2CC2(C)C)o1. The Hall–Kier alpha value is -1.39. The summed E-state index contributed by atoms with van der Waals surface area (Å²) < 4.78 is 5.65. The predicted octanol–water partition coefficient (Wildman–Crippen LogP) is 2.63. The lowest BCUT2D eigenvalue weighted by molar-refractivity contribution is -0.139. The molecular formula is C13H20N2O3. The van der Waals surface area contributed by atoms with Gasteiger partial charge in [0.2, 0.25) is 11.8 Å². The Morgan fingerprint density at radius 3 is 2.61 bits per heavy atom. The highest BCUT2D eigenvalue weighted by molar-refractivity contribution is 5.67. The summed E-state index contributed by atoms with van der Waals surface area (Å²) in [5.41, 5.74) is -0.102. The van der Waals surface area contributed by atoms with Crippen molar-refractivity contribution in [1.29, 1.82) is 0 Å². The van der Waals surface area contributed by atoms with Crippen molar-refractivity contribution in [2.75, 3.05) is 0 Å². The Balaban J connectivity index is 2.01. The number of hydrogen-bond donors (Lipinski definition) is 1. The molecule has 1 aliphatic carbocycles. The van der Waals surface area contributed by atoms with Gasteiger partial charge in [-0.05, 0) is 17.3 Å². The van der Waals surface area contributed by atoms with Gasteiger partial charge in [0.1, 0.15) is 0 Å². The van der Waals surface area contributed by atoms with Gasteiger partial charge in [-0.2, -0.15) is 0 Å². The van der Waals surface area contributed by atoms with Gasteiger partial charge in [0.05, 0.1) is 6.42 Å². The van der Waals surface area contributed by atoms with Gasteiger partial charge >= 0.3 is 5.97 Å². The first-order valence-corrected chi connectivity index (χ1v) is 6.24. The zero-order valence-corrected chi connectivity index (χ0v) is 11.4. The standard InChI is InChI=1S/C13H20N2O3/c1-12(2,7-10(16)17)6-9-14-15-11(18-9)8-5-13(8,3)4/h8H,5-7H2,1-4H3,(H,16,17). The van der Waals surface area contributed by atoms with Gasteiger partial charge in [-0.15, -0.1) is 10.2 Å². The lowest BCUT2D eigenvalue weighted by atomic mass is 9.86. The van der Waals surface area contributed by atoms with Crippen LogP contribution in [0.1, 0.15) is 58.2 Å². The first kappa shape index (κ1) is 13.1. The number of carbonyl (C=O) groups is 1. The third-order valence-electron chi connectivity index (χ3n) is 3.55. The summed E-state index contributed by atoms with van der Waals surface area (Å²) in [6, 6.07) is 0. The third kappa shape index (κ3) is 2.89. The highest BCUT2D eigenvalue weighted by Gasteiger charge is 2.50. The molecule has 1 aliphatic rings. The minimum Gasteiger partial charge on any atom is -0.481 e. The molecule has 100 valence electrons. The van der Waals surface area contributed by atoms with Gasteiger partial charge in [0, 0.05) is 12.3 Å². The van der Waals surface area contributed by atoms with Gasteiger partial charge in [0.25, 0.3) is 0 Å². The number of hydrogen-bond acceptors (Lipinski definition) is 4. The fourth-order valence-corrected chi connectivity index (χ4v) is 2.25. The molecule has 0 radical (unpaired) electrons. The second-order valence-electron chi connectivity index (χ2n) is 6.69. The molecule has 1 atom stereocenters. The van der Waals surface area contributed by atoms with Crippen molar-refractivity contribution in [3.05, 3.63) is 11.8 Å². The molecule has 1 fully saturated rings. The molecule has 0 aliphatic heterocycles. The van der Waals surface area contributed by atoms with Crippen LogP contribution in [0.5, 0.6) is 0 Å². The number of carboxylic acid groups (broad SMARTS) is 1. The van der Waals surface area contributed by atoms with Crippen LogP contribution in [0, 0.1) is 10.8 Å². The van der Waals surface area contributed by atoms with Crippen LogP contribution in [0.15, 0.2) is 4.42 Å². The molecule has 2 rings (SSSR count). The molecule has 1 aromatic rings. The maximum atomic E-state index is 10.7. The molecule has 1 saturated carbocycles. The van der Waals surface area contributed by atoms with Crippen molar-refractivity contribution < 1.29 is 14.3 Å². The summed E-state index contributed by atoms with van der Waals surface area (Å²) in [5, 5.41) is 16.9. The maximum Gasteiger partial charge on any atom is 0.303 e. The van der Waals surface area contributed by atoms with Crippen molar-refractivity contribution >= 4 is 5.97 Å². The van der Waals surface area contributed by atoms with Crippen molar-refractivity contribution in [2.45, 2.75) is 52.9 Å². The third-order valence-corrected chi connectivity index (χ3v) is 3.55. The van der Waals surface area contributed by atoms with Crippen LogP contribution in [-0.2, 0) is 11.2 Å². The van der Waals surface area contributed by atoms with Crippen molar-refractivity contribution in [3.8, 4) is 0 Å². The molecule has 1 N–H and O–H groups in total. The van der Waals surface area contributed by atoms with Crippen molar-refractivity contribution in [2.24, 2.45) is 10.8 Å². The molecule has 1 heterocycles. The normalized spacial score (nSPS) is 21.9. The quantitative estimate of drug-likeness (QED) is 0.871. The van der Waals surface area contributed by atoms with E-state index in [1.165, 1.54) is 0 Å². The van der Waals surface area contributed by atoms with Crippen LogP contribution in [-0.4, -0.2) is 21.3 Å². The Morgan fingerprint density at radius 1 is 1.50 bits per heavy atom. The average molecular weight is 252 g/mol. The zero-order chi connectivity index (χ0) is 13.6. The fraction of sp³-hybridized carbons (Fsp3) is 0.769. The van der Waals surface area contributed by atoms with E-state index in [0.717, 1.165) is 6.42 Å². The van der Waals surface area contributed by atoms with Crippen LogP contribution in [0.2, 0.25) is 0 Å². The van der Waals surface area contributed by atoms with Crippen molar-refractivity contribution in [3.63, 3.8) is 0 Å². The summed E-state index contributed by atoms with van der Waals surface area (Å²) in [5.74, 6) is 0.796. The Labute approximate surface area is 107 Å². The van der Waals surface area contributed by atoms with E-state index < -0.39 is 5.97 Å². The van der Waals surface area contributed by atoms with Crippen LogP contribution in [0.3, 0.4) is 0 Å². The fourth-order valence-electron chi connectivity index (χ4n) is 2.25. The maximum absolute atomic E-state index is 10.7. The average Bonchev–Trinajstić information content (AvgIpc) is 2.61. The van der Waals surface area contributed by atoms with Crippen LogP contribution < -0.4 is 0 Å². The first-order valence-electron chi connectivity index (χ1n) is 6.24. The second-order valence-corrected chi connectivity index (χ2v) is 6.69. The first-order chi connectivity index (χ1) is 8.20. The molecule has 0 aromatic carbocycles. The number of nitrogens with zero attached hydrogens (tertiary/aromatic N) is 2. The van der Waals surface area contributed by atoms with E-state index in [2.05, 4.69) is 24.0 Å². The minimum atomic E-state index is -0.803. The van der Waals surface area contributed by atoms with Crippen LogP contribution in [0.25, 0.3) is 0 Å². The molecule has 0 spiro atoms. The number of carboxylic acids is 1. The van der Waals surface area contributed by atoms with Gasteiger partial charge < -0.3 is 9.52 Å². The molecule has 5 heteroatoms. The summed E-state index contributed by atoms with van der Waals surface area (Å²) in [4.78, 5) is 10.7. The van der Waals surface area contributed by atoms with Crippen molar-refractivity contribution in [1.82, 2.24) is 10.2 Å². The molecule has 1 unspecified atom stereocenters. The molecular weight excluding hydrogens is 232 g/mol. The Morgan fingerprint density at radius 2 is 2.11 bits per heavy atom. The van der Waals surface area contributed by atoms with Crippen LogP contribution >= 0.6 is 0 Å². The summed E-state index contributed by atoms with van der Waals surface area (Å²) in [7, 11) is 0. The minimum absolute atomic E-state index is 0.0969. The highest BCUT2D eigenvalue weighted by atomic mass is 16.4. The second kappa shape index (κ2) is 4.07. The largest absolute Gasteiger partial charge is 0.481 e. The number of aliphatic carboxylic acids is 1. The highest BCUT2D eigenvalue weighted by Crippen LogP contribution is 2.58. The van der Waals surface area contributed by atoms with Gasteiger partial charge in [-0.25, -0.2) is 0 Å². The van der Waals surface area contributed by atoms with E-state index in [-0.39, 0.29) is 17.3 Å². The topological polar surface area (TPSA) is 76.2 Å². The van der Waals surface area contributed by atoms with Gasteiger partial charge in [-0.3, -0.25) is 4.79 Å². The van der Waals surface area contributed by atoms with E-state index in [9.17, 15) is 4.79 Å². The monoisotopic (exact) mass is 252 g/mol. The lowest BCUT2D eigenvalue weighted by Crippen LogP contribution is -2.19. The van der Waals surface area contributed by atoms with Gasteiger partial charge in [0.15, 0.2) is 0 Å². The molecule has 0 saturated heterocycles. The molecule has 18 heavy (non-hydrogen) atoms. The van der Waals surface area contributed by atoms with Gasteiger partial charge in [-0.1, -0.05) is 27.7 Å². The summed E-state index contributed by atoms with van der Waals surface area (Å²) >= 11 is 0. The van der Waals surface area contributed by atoms with E-state index in [1.54, 1.807) is 0 Å². The lowest BCUT2D eigenvalue weighted by Gasteiger charge is -2.19. The smallest absolute Gasteiger partial charge is 0.303 e. The molecule has 0 amide bonds. The number of rotatable bonds is 5. The Kier molecular flexibility index (Phi) is 2.95.